The summed E-state index contributed by atoms with van der Waals surface area (Å²) in [4.78, 5) is 5.43. The molecule has 1 N–H and O–H groups in total. The van der Waals surface area contributed by atoms with Gasteiger partial charge < -0.3 is 5.32 Å². The molecule has 0 fully saturated rings. The molecule has 0 aliphatic heterocycles. The summed E-state index contributed by atoms with van der Waals surface area (Å²) in [6.07, 6.45) is 2.90. The maximum absolute atomic E-state index is 4.38. The lowest BCUT2D eigenvalue weighted by Gasteiger charge is -2.15. The fourth-order valence-electron chi connectivity index (χ4n) is 1.98. The standard InChI is InChI=1S/C12H18N4S/c1-4-14-11(12-7-13-8-17-12)6-10-5-9(2)15-16(10)3/h5,7-8,11,14H,4,6H2,1-3H3. The second kappa shape index (κ2) is 5.42. The van der Waals surface area contributed by atoms with Crippen LogP contribution in [0.3, 0.4) is 0 Å². The number of rotatable bonds is 5. The van der Waals surface area contributed by atoms with Crippen molar-refractivity contribution in [3.63, 3.8) is 0 Å². The maximum Gasteiger partial charge on any atom is 0.0794 e. The minimum absolute atomic E-state index is 0.335. The molecule has 2 aromatic heterocycles. The summed E-state index contributed by atoms with van der Waals surface area (Å²) in [6, 6.07) is 2.48. The number of hydrogen-bond donors (Lipinski definition) is 1. The van der Waals surface area contributed by atoms with E-state index in [9.17, 15) is 0 Å². The van der Waals surface area contributed by atoms with Crippen molar-refractivity contribution in [1.29, 1.82) is 0 Å². The molecular weight excluding hydrogens is 232 g/mol. The Balaban J connectivity index is 2.15. The molecule has 2 heterocycles. The highest BCUT2D eigenvalue weighted by Crippen LogP contribution is 2.21. The highest BCUT2D eigenvalue weighted by atomic mass is 32.1. The third-order valence-electron chi connectivity index (χ3n) is 2.76. The Morgan fingerprint density at radius 3 is 2.88 bits per heavy atom. The predicted molar refractivity (Wildman–Crippen MR) is 70.2 cm³/mol. The molecular formula is C12H18N4S. The largest absolute Gasteiger partial charge is 0.309 e. The lowest BCUT2D eigenvalue weighted by atomic mass is 10.1. The Kier molecular flexibility index (Phi) is 3.91. The Bertz CT molecular complexity index is 461. The Morgan fingerprint density at radius 1 is 1.53 bits per heavy atom. The van der Waals surface area contributed by atoms with Crippen molar-refractivity contribution in [3.8, 4) is 0 Å². The lowest BCUT2D eigenvalue weighted by Crippen LogP contribution is -2.23. The third-order valence-corrected chi connectivity index (χ3v) is 3.65. The summed E-state index contributed by atoms with van der Waals surface area (Å²) in [6.45, 7) is 5.11. The van der Waals surface area contributed by atoms with Crippen LogP contribution >= 0.6 is 11.3 Å². The molecule has 0 saturated carbocycles. The molecule has 0 saturated heterocycles. The molecule has 0 aromatic carbocycles. The fourth-order valence-corrected chi connectivity index (χ4v) is 2.68. The van der Waals surface area contributed by atoms with Gasteiger partial charge in [0.2, 0.25) is 0 Å². The monoisotopic (exact) mass is 250 g/mol. The van der Waals surface area contributed by atoms with Crippen molar-refractivity contribution in [2.24, 2.45) is 7.05 Å². The maximum atomic E-state index is 4.38. The topological polar surface area (TPSA) is 42.7 Å². The van der Waals surface area contributed by atoms with Gasteiger partial charge in [0.1, 0.15) is 0 Å². The number of nitrogens with zero attached hydrogens (tertiary/aromatic N) is 3. The van der Waals surface area contributed by atoms with E-state index in [2.05, 4.69) is 28.4 Å². The van der Waals surface area contributed by atoms with Gasteiger partial charge in [0.15, 0.2) is 0 Å². The van der Waals surface area contributed by atoms with Gasteiger partial charge in [-0.2, -0.15) is 5.10 Å². The van der Waals surface area contributed by atoms with Crippen LogP contribution in [0.15, 0.2) is 17.8 Å². The number of aromatic nitrogens is 3. The molecule has 5 heteroatoms. The zero-order chi connectivity index (χ0) is 12.3. The van der Waals surface area contributed by atoms with Gasteiger partial charge in [-0.1, -0.05) is 6.92 Å². The van der Waals surface area contributed by atoms with Crippen LogP contribution in [0.2, 0.25) is 0 Å². The molecule has 1 atom stereocenters. The lowest BCUT2D eigenvalue weighted by molar-refractivity contribution is 0.535. The molecule has 92 valence electrons. The number of aryl methyl sites for hydroxylation is 2. The summed E-state index contributed by atoms with van der Waals surface area (Å²) in [5, 5.41) is 7.88. The van der Waals surface area contributed by atoms with Crippen molar-refractivity contribution < 1.29 is 0 Å². The molecule has 0 radical (unpaired) electrons. The quantitative estimate of drug-likeness (QED) is 0.883. The summed E-state index contributed by atoms with van der Waals surface area (Å²) in [5.74, 6) is 0. The number of thiazole rings is 1. The van der Waals surface area contributed by atoms with Gasteiger partial charge in [0.05, 0.1) is 11.2 Å². The first-order valence-corrected chi connectivity index (χ1v) is 6.70. The van der Waals surface area contributed by atoms with E-state index in [-0.39, 0.29) is 0 Å². The van der Waals surface area contributed by atoms with Crippen molar-refractivity contribution >= 4 is 11.3 Å². The fraction of sp³-hybridized carbons (Fsp3) is 0.500. The first-order chi connectivity index (χ1) is 8.20. The molecule has 0 bridgehead atoms. The minimum atomic E-state index is 0.335. The highest BCUT2D eigenvalue weighted by Gasteiger charge is 2.15. The molecule has 0 aliphatic rings. The van der Waals surface area contributed by atoms with Crippen LogP contribution in [0.1, 0.15) is 29.2 Å². The van der Waals surface area contributed by atoms with Gasteiger partial charge in [0, 0.05) is 36.3 Å². The number of hydrogen-bond acceptors (Lipinski definition) is 4. The molecule has 1 unspecified atom stereocenters. The summed E-state index contributed by atoms with van der Waals surface area (Å²) in [5.41, 5.74) is 4.21. The normalized spacial score (nSPS) is 12.9. The zero-order valence-electron chi connectivity index (χ0n) is 10.5. The van der Waals surface area contributed by atoms with Gasteiger partial charge in [-0.05, 0) is 19.5 Å². The van der Waals surface area contributed by atoms with E-state index in [4.69, 9.17) is 0 Å². The average molecular weight is 250 g/mol. The minimum Gasteiger partial charge on any atom is -0.309 e. The summed E-state index contributed by atoms with van der Waals surface area (Å²) >= 11 is 1.70. The van der Waals surface area contributed by atoms with E-state index < -0.39 is 0 Å². The molecule has 0 spiro atoms. The highest BCUT2D eigenvalue weighted by molar-refractivity contribution is 7.09. The Morgan fingerprint density at radius 2 is 2.35 bits per heavy atom. The van der Waals surface area contributed by atoms with Crippen molar-refractivity contribution in [1.82, 2.24) is 20.1 Å². The van der Waals surface area contributed by atoms with Crippen LogP contribution in [0, 0.1) is 6.92 Å². The molecule has 2 rings (SSSR count). The second-order valence-electron chi connectivity index (χ2n) is 4.12. The molecule has 0 amide bonds. The van der Waals surface area contributed by atoms with Gasteiger partial charge >= 0.3 is 0 Å². The van der Waals surface area contributed by atoms with Crippen LogP contribution in [0.5, 0.6) is 0 Å². The number of nitrogens with one attached hydrogen (secondary N) is 1. The molecule has 2 aromatic rings. The first-order valence-electron chi connectivity index (χ1n) is 5.82. The van der Waals surface area contributed by atoms with E-state index in [1.165, 1.54) is 10.6 Å². The summed E-state index contributed by atoms with van der Waals surface area (Å²) in [7, 11) is 2.00. The van der Waals surface area contributed by atoms with Crippen LogP contribution < -0.4 is 5.32 Å². The van der Waals surface area contributed by atoms with Gasteiger partial charge in [-0.15, -0.1) is 11.3 Å². The van der Waals surface area contributed by atoms with Crippen LogP contribution in [0.4, 0.5) is 0 Å². The Labute approximate surface area is 106 Å². The van der Waals surface area contributed by atoms with Crippen molar-refractivity contribution in [3.05, 3.63) is 34.0 Å². The number of likely N-dealkylation sites (N-methyl/N-ethyl adjacent to an activating group) is 1. The average Bonchev–Trinajstić information content (AvgIpc) is 2.88. The second-order valence-corrected chi connectivity index (χ2v) is 5.04. The zero-order valence-corrected chi connectivity index (χ0v) is 11.3. The third kappa shape index (κ3) is 2.92. The molecule has 0 aliphatic carbocycles. The SMILES string of the molecule is CCNC(Cc1cc(C)nn1C)c1cncs1. The van der Waals surface area contributed by atoms with E-state index >= 15 is 0 Å². The van der Waals surface area contributed by atoms with E-state index in [0.29, 0.717) is 6.04 Å². The van der Waals surface area contributed by atoms with Crippen molar-refractivity contribution in [2.45, 2.75) is 26.3 Å². The van der Waals surface area contributed by atoms with Gasteiger partial charge in [-0.25, -0.2) is 0 Å². The smallest absolute Gasteiger partial charge is 0.0794 e. The van der Waals surface area contributed by atoms with E-state index in [0.717, 1.165) is 18.7 Å². The molecule has 4 nitrogen and oxygen atoms in total. The van der Waals surface area contributed by atoms with Gasteiger partial charge in [0.25, 0.3) is 0 Å². The van der Waals surface area contributed by atoms with Crippen LogP contribution in [0.25, 0.3) is 0 Å². The Hall–Kier alpha value is -1.20. The summed E-state index contributed by atoms with van der Waals surface area (Å²) < 4.78 is 1.96. The van der Waals surface area contributed by atoms with E-state index in [1.54, 1.807) is 11.3 Å². The van der Waals surface area contributed by atoms with Gasteiger partial charge in [-0.3, -0.25) is 9.67 Å². The first kappa shape index (κ1) is 12.3. The predicted octanol–water partition coefficient (Wildman–Crippen LogP) is 2.08. The van der Waals surface area contributed by atoms with Crippen LogP contribution in [-0.2, 0) is 13.5 Å². The molecule has 17 heavy (non-hydrogen) atoms. The van der Waals surface area contributed by atoms with Crippen LogP contribution in [-0.4, -0.2) is 21.3 Å². The van der Waals surface area contributed by atoms with Crippen molar-refractivity contribution in [2.75, 3.05) is 6.54 Å². The van der Waals surface area contributed by atoms with E-state index in [1.807, 2.05) is 30.4 Å².